The number of ketones is 1. The van der Waals surface area contributed by atoms with Crippen molar-refractivity contribution in [1.82, 2.24) is 0 Å². The summed E-state index contributed by atoms with van der Waals surface area (Å²) in [5.74, 6) is -0.287. The monoisotopic (exact) mass is 260 g/mol. The lowest BCUT2D eigenvalue weighted by Crippen LogP contribution is -2.15. The topological polar surface area (TPSA) is 67.5 Å². The Kier molecular flexibility index (Phi) is 3.69. The van der Waals surface area contributed by atoms with Gasteiger partial charge in [-0.25, -0.2) is 4.79 Å². The first-order valence-electron chi connectivity index (χ1n) is 6.28. The number of hydrogen-bond donors (Lipinski definition) is 1. The van der Waals surface area contributed by atoms with Crippen LogP contribution in [0.2, 0.25) is 0 Å². The molecule has 0 aliphatic heterocycles. The number of Topliss-reactive ketones (excluding diaryl/α,β-unsaturated/α-hetero) is 1. The molecule has 1 aromatic carbocycles. The molecule has 4 heteroatoms. The molecule has 2 rings (SSSR count). The van der Waals surface area contributed by atoms with Crippen molar-refractivity contribution in [3.05, 3.63) is 40.2 Å². The third-order valence-corrected chi connectivity index (χ3v) is 3.01. The van der Waals surface area contributed by atoms with Crippen LogP contribution >= 0.6 is 0 Å². The van der Waals surface area contributed by atoms with Crippen LogP contribution < -0.4 is 5.63 Å². The summed E-state index contributed by atoms with van der Waals surface area (Å²) in [6.45, 7) is 3.99. The zero-order chi connectivity index (χ0) is 14.0. The average Bonchev–Trinajstić information content (AvgIpc) is 2.36. The molecule has 0 fully saturated rings. The second kappa shape index (κ2) is 5.26. The van der Waals surface area contributed by atoms with Crippen molar-refractivity contribution in [2.24, 2.45) is 5.92 Å². The van der Waals surface area contributed by atoms with Crippen molar-refractivity contribution < 1.29 is 14.3 Å². The van der Waals surface area contributed by atoms with Crippen LogP contribution in [0.4, 0.5) is 0 Å². The number of fused-ring (bicyclic) bond motifs is 1. The summed E-state index contributed by atoms with van der Waals surface area (Å²) >= 11 is 0. The molecule has 2 aromatic rings. The third-order valence-electron chi connectivity index (χ3n) is 3.01. The Balaban J connectivity index is 2.49. The molecule has 0 bridgehead atoms. The average molecular weight is 260 g/mol. The van der Waals surface area contributed by atoms with Gasteiger partial charge < -0.3 is 9.52 Å². The largest absolute Gasteiger partial charge is 0.506 e. The van der Waals surface area contributed by atoms with Gasteiger partial charge in [-0.05, 0) is 24.5 Å². The minimum atomic E-state index is -0.773. The van der Waals surface area contributed by atoms with Gasteiger partial charge in [0.25, 0.3) is 0 Å². The molecule has 1 N–H and O–H groups in total. The Labute approximate surface area is 110 Å². The number of para-hydroxylation sites is 1. The fourth-order valence-electron chi connectivity index (χ4n) is 1.92. The van der Waals surface area contributed by atoms with E-state index in [4.69, 9.17) is 4.42 Å². The molecule has 100 valence electrons. The predicted molar refractivity (Wildman–Crippen MR) is 72.6 cm³/mol. The molecule has 0 saturated heterocycles. The summed E-state index contributed by atoms with van der Waals surface area (Å²) in [4.78, 5) is 23.8. The van der Waals surface area contributed by atoms with Gasteiger partial charge in [-0.3, -0.25) is 4.79 Å². The van der Waals surface area contributed by atoms with Crippen LogP contribution in [0.15, 0.2) is 33.5 Å². The van der Waals surface area contributed by atoms with Crippen LogP contribution in [0.3, 0.4) is 0 Å². The molecule has 0 unspecified atom stereocenters. The van der Waals surface area contributed by atoms with Crippen molar-refractivity contribution in [1.29, 1.82) is 0 Å². The van der Waals surface area contributed by atoms with E-state index in [-0.39, 0.29) is 29.1 Å². The lowest BCUT2D eigenvalue weighted by Gasteiger charge is -2.06. The maximum atomic E-state index is 12.0. The SMILES string of the molecule is CC(C)CCC(=O)c1c(O)c2ccccc2oc1=O. The fraction of sp³-hybridized carbons (Fsp3) is 0.333. The van der Waals surface area contributed by atoms with E-state index >= 15 is 0 Å². The van der Waals surface area contributed by atoms with E-state index in [1.807, 2.05) is 13.8 Å². The standard InChI is InChI=1S/C15H16O4/c1-9(2)7-8-11(16)13-14(17)10-5-3-4-6-12(10)19-15(13)18/h3-6,9,17H,7-8H2,1-2H3. The summed E-state index contributed by atoms with van der Waals surface area (Å²) in [6.07, 6.45) is 0.902. The normalized spacial score (nSPS) is 11.1. The Morgan fingerprint density at radius 1 is 1.32 bits per heavy atom. The smallest absolute Gasteiger partial charge is 0.351 e. The van der Waals surface area contributed by atoms with Crippen molar-refractivity contribution >= 4 is 16.8 Å². The number of aromatic hydroxyl groups is 1. The fourth-order valence-corrected chi connectivity index (χ4v) is 1.92. The van der Waals surface area contributed by atoms with E-state index in [1.165, 1.54) is 0 Å². The van der Waals surface area contributed by atoms with E-state index in [0.29, 0.717) is 17.7 Å². The number of rotatable bonds is 4. The molecule has 0 radical (unpaired) electrons. The molecule has 0 aliphatic rings. The van der Waals surface area contributed by atoms with E-state index in [1.54, 1.807) is 24.3 Å². The van der Waals surface area contributed by atoms with Gasteiger partial charge in [0.05, 0.1) is 5.39 Å². The maximum absolute atomic E-state index is 12.0. The second-order valence-electron chi connectivity index (χ2n) is 4.96. The summed E-state index contributed by atoms with van der Waals surface area (Å²) in [5, 5.41) is 10.5. The van der Waals surface area contributed by atoms with Gasteiger partial charge in [0.15, 0.2) is 5.78 Å². The van der Waals surface area contributed by atoms with Crippen LogP contribution in [0, 0.1) is 5.92 Å². The molecule has 0 aliphatic carbocycles. The van der Waals surface area contributed by atoms with Crippen LogP contribution in [0.5, 0.6) is 5.75 Å². The van der Waals surface area contributed by atoms with Crippen LogP contribution in [-0.2, 0) is 0 Å². The molecule has 0 saturated carbocycles. The van der Waals surface area contributed by atoms with Gasteiger partial charge in [0, 0.05) is 6.42 Å². The number of benzene rings is 1. The first kappa shape index (κ1) is 13.3. The molecular weight excluding hydrogens is 244 g/mol. The molecular formula is C15H16O4. The Morgan fingerprint density at radius 3 is 2.68 bits per heavy atom. The third kappa shape index (κ3) is 2.67. The highest BCUT2D eigenvalue weighted by molar-refractivity contribution is 6.02. The number of hydrogen-bond acceptors (Lipinski definition) is 4. The molecule has 0 amide bonds. The highest BCUT2D eigenvalue weighted by Gasteiger charge is 2.20. The van der Waals surface area contributed by atoms with Crippen LogP contribution in [0.25, 0.3) is 11.0 Å². The van der Waals surface area contributed by atoms with Crippen molar-refractivity contribution in [2.75, 3.05) is 0 Å². The summed E-state index contributed by atoms with van der Waals surface area (Å²) in [5.41, 5.74) is -0.727. The van der Waals surface area contributed by atoms with Crippen LogP contribution in [0.1, 0.15) is 37.0 Å². The van der Waals surface area contributed by atoms with Crippen LogP contribution in [-0.4, -0.2) is 10.9 Å². The molecule has 0 atom stereocenters. The first-order valence-corrected chi connectivity index (χ1v) is 6.28. The summed E-state index contributed by atoms with van der Waals surface area (Å²) in [7, 11) is 0. The van der Waals surface area contributed by atoms with E-state index < -0.39 is 5.63 Å². The minimum Gasteiger partial charge on any atom is -0.506 e. The Hall–Kier alpha value is -2.10. The van der Waals surface area contributed by atoms with Gasteiger partial charge in [-0.1, -0.05) is 26.0 Å². The zero-order valence-corrected chi connectivity index (χ0v) is 11.0. The van der Waals surface area contributed by atoms with Crippen molar-refractivity contribution in [2.45, 2.75) is 26.7 Å². The quantitative estimate of drug-likeness (QED) is 0.677. The van der Waals surface area contributed by atoms with E-state index in [0.717, 1.165) is 0 Å². The first-order chi connectivity index (χ1) is 9.00. The molecule has 1 aromatic heterocycles. The molecule has 1 heterocycles. The van der Waals surface area contributed by atoms with Gasteiger partial charge in [-0.15, -0.1) is 0 Å². The zero-order valence-electron chi connectivity index (χ0n) is 11.0. The Bertz CT molecular complexity index is 667. The highest BCUT2D eigenvalue weighted by Crippen LogP contribution is 2.27. The van der Waals surface area contributed by atoms with Gasteiger partial charge in [-0.2, -0.15) is 0 Å². The number of carbonyl (C=O) groups is 1. The minimum absolute atomic E-state index is 0.230. The Morgan fingerprint density at radius 2 is 2.00 bits per heavy atom. The van der Waals surface area contributed by atoms with Gasteiger partial charge in [0.2, 0.25) is 0 Å². The van der Waals surface area contributed by atoms with Gasteiger partial charge >= 0.3 is 5.63 Å². The van der Waals surface area contributed by atoms with Gasteiger partial charge in [0.1, 0.15) is 16.9 Å². The van der Waals surface area contributed by atoms with Crippen molar-refractivity contribution in [3.63, 3.8) is 0 Å². The molecule has 0 spiro atoms. The second-order valence-corrected chi connectivity index (χ2v) is 4.96. The van der Waals surface area contributed by atoms with E-state index in [2.05, 4.69) is 0 Å². The summed E-state index contributed by atoms with van der Waals surface area (Å²) in [6, 6.07) is 6.61. The lowest BCUT2D eigenvalue weighted by atomic mass is 10.0. The summed E-state index contributed by atoms with van der Waals surface area (Å²) < 4.78 is 5.07. The van der Waals surface area contributed by atoms with Crippen molar-refractivity contribution in [3.8, 4) is 5.75 Å². The molecule has 4 nitrogen and oxygen atoms in total. The predicted octanol–water partition coefficient (Wildman–Crippen LogP) is 3.12. The maximum Gasteiger partial charge on any atom is 0.351 e. The highest BCUT2D eigenvalue weighted by atomic mass is 16.4. The van der Waals surface area contributed by atoms with E-state index in [9.17, 15) is 14.7 Å². The number of carbonyl (C=O) groups excluding carboxylic acids is 1. The lowest BCUT2D eigenvalue weighted by molar-refractivity contribution is 0.0969. The molecule has 19 heavy (non-hydrogen) atoms.